The molecule has 2 nitrogen and oxygen atoms in total. The van der Waals surface area contributed by atoms with Crippen LogP contribution in [0.3, 0.4) is 0 Å². The lowest BCUT2D eigenvalue weighted by molar-refractivity contribution is 0.534. The van der Waals surface area contributed by atoms with Gasteiger partial charge in [0, 0.05) is 23.6 Å². The second-order valence-corrected chi connectivity index (χ2v) is 6.34. The van der Waals surface area contributed by atoms with Crippen LogP contribution in [0, 0.1) is 5.92 Å². The number of rotatable bonds is 5. The fourth-order valence-corrected chi connectivity index (χ4v) is 3.08. The lowest BCUT2D eigenvalue weighted by Crippen LogP contribution is -2.04. The van der Waals surface area contributed by atoms with Gasteiger partial charge < -0.3 is 10.3 Å². The fraction of sp³-hybridized carbons (Fsp3) is 0.300. The summed E-state index contributed by atoms with van der Waals surface area (Å²) in [5, 5.41) is 1.34. The van der Waals surface area contributed by atoms with Crippen molar-refractivity contribution in [1.82, 2.24) is 4.57 Å². The number of fused-ring (bicyclic) bond motifs is 1. The van der Waals surface area contributed by atoms with Crippen LogP contribution in [-0.2, 0) is 13.0 Å². The molecular formula is C20H24N2. The minimum Gasteiger partial charge on any atom is -0.347 e. The molecule has 2 N–H and O–H groups in total. The largest absolute Gasteiger partial charge is 0.347 e. The predicted octanol–water partition coefficient (Wildman–Crippen LogP) is 4.47. The van der Waals surface area contributed by atoms with Crippen molar-refractivity contribution >= 4 is 10.9 Å². The summed E-state index contributed by atoms with van der Waals surface area (Å²) in [5.74, 6) is 0.627. The van der Waals surface area contributed by atoms with Gasteiger partial charge in [-0.3, -0.25) is 0 Å². The molecule has 2 heteroatoms. The van der Waals surface area contributed by atoms with Crippen LogP contribution in [0.25, 0.3) is 22.0 Å². The van der Waals surface area contributed by atoms with Gasteiger partial charge in [-0.15, -0.1) is 0 Å². The molecule has 0 atom stereocenters. The van der Waals surface area contributed by atoms with E-state index in [0.717, 1.165) is 13.0 Å². The molecule has 114 valence electrons. The van der Waals surface area contributed by atoms with E-state index in [1.807, 2.05) is 0 Å². The van der Waals surface area contributed by atoms with E-state index in [4.69, 9.17) is 5.73 Å². The van der Waals surface area contributed by atoms with Crippen molar-refractivity contribution in [2.45, 2.75) is 26.8 Å². The molecule has 0 aliphatic rings. The van der Waals surface area contributed by atoms with E-state index in [-0.39, 0.29) is 0 Å². The minimum atomic E-state index is 0.627. The smallest absolute Gasteiger partial charge is 0.0489 e. The molecule has 0 bridgehead atoms. The molecule has 0 amide bonds. The highest BCUT2D eigenvalue weighted by atomic mass is 15.0. The number of benzene rings is 2. The van der Waals surface area contributed by atoms with Crippen LogP contribution in [0.15, 0.2) is 54.7 Å². The maximum absolute atomic E-state index is 5.77. The van der Waals surface area contributed by atoms with Gasteiger partial charge in [0.15, 0.2) is 0 Å². The third-order valence-corrected chi connectivity index (χ3v) is 4.05. The molecule has 0 aliphatic heterocycles. The van der Waals surface area contributed by atoms with Crippen molar-refractivity contribution in [1.29, 1.82) is 0 Å². The van der Waals surface area contributed by atoms with Crippen LogP contribution >= 0.6 is 0 Å². The molecule has 0 saturated heterocycles. The topological polar surface area (TPSA) is 30.9 Å². The first-order valence-electron chi connectivity index (χ1n) is 8.06. The van der Waals surface area contributed by atoms with Gasteiger partial charge >= 0.3 is 0 Å². The van der Waals surface area contributed by atoms with Crippen LogP contribution in [0.4, 0.5) is 0 Å². The molecule has 0 radical (unpaired) electrons. The lowest BCUT2D eigenvalue weighted by Gasteiger charge is -2.09. The van der Waals surface area contributed by atoms with Gasteiger partial charge in [-0.1, -0.05) is 56.3 Å². The molecule has 0 saturated carbocycles. The Kier molecular flexibility index (Phi) is 4.30. The maximum atomic E-state index is 5.77. The highest BCUT2D eigenvalue weighted by Gasteiger charge is 2.10. The van der Waals surface area contributed by atoms with Crippen molar-refractivity contribution in [3.05, 3.63) is 60.3 Å². The van der Waals surface area contributed by atoms with Gasteiger partial charge in [0.1, 0.15) is 0 Å². The Labute approximate surface area is 132 Å². The van der Waals surface area contributed by atoms with Crippen molar-refractivity contribution in [2.75, 3.05) is 6.54 Å². The summed E-state index contributed by atoms with van der Waals surface area (Å²) in [6.45, 7) is 6.26. The molecule has 0 fully saturated rings. The second-order valence-electron chi connectivity index (χ2n) is 6.34. The Morgan fingerprint density at radius 1 is 1.00 bits per heavy atom. The Morgan fingerprint density at radius 2 is 1.77 bits per heavy atom. The van der Waals surface area contributed by atoms with Crippen LogP contribution in [0.5, 0.6) is 0 Å². The van der Waals surface area contributed by atoms with Crippen LogP contribution in [-0.4, -0.2) is 11.1 Å². The summed E-state index contributed by atoms with van der Waals surface area (Å²) in [6.07, 6.45) is 3.22. The van der Waals surface area contributed by atoms with Gasteiger partial charge in [-0.05, 0) is 41.6 Å². The first-order valence-corrected chi connectivity index (χ1v) is 8.06. The van der Waals surface area contributed by atoms with E-state index in [9.17, 15) is 0 Å². The molecule has 0 unspecified atom stereocenters. The molecule has 3 aromatic rings. The number of aromatic nitrogens is 1. The highest BCUT2D eigenvalue weighted by molar-refractivity contribution is 5.88. The highest BCUT2D eigenvalue weighted by Crippen LogP contribution is 2.28. The fourth-order valence-electron chi connectivity index (χ4n) is 3.08. The standard InChI is InChI=1S/C20H24N2/c1-15(2)13-22-14-18(10-11-21)19-9-8-17(12-20(19)22)16-6-4-3-5-7-16/h3-9,12,14-15H,10-11,13,21H2,1-2H3. The quantitative estimate of drug-likeness (QED) is 0.739. The summed E-state index contributed by atoms with van der Waals surface area (Å²) in [7, 11) is 0. The summed E-state index contributed by atoms with van der Waals surface area (Å²) < 4.78 is 2.39. The Balaban J connectivity index is 2.12. The second kappa shape index (κ2) is 6.37. The van der Waals surface area contributed by atoms with Crippen LogP contribution in [0.2, 0.25) is 0 Å². The van der Waals surface area contributed by atoms with Gasteiger partial charge in [-0.2, -0.15) is 0 Å². The zero-order chi connectivity index (χ0) is 15.5. The third-order valence-electron chi connectivity index (χ3n) is 4.05. The summed E-state index contributed by atoms with van der Waals surface area (Å²) in [5.41, 5.74) is 11.0. The number of nitrogens with two attached hydrogens (primary N) is 1. The van der Waals surface area contributed by atoms with Gasteiger partial charge in [-0.25, -0.2) is 0 Å². The van der Waals surface area contributed by atoms with Gasteiger partial charge in [0.2, 0.25) is 0 Å². The minimum absolute atomic E-state index is 0.627. The van der Waals surface area contributed by atoms with Crippen molar-refractivity contribution in [3.8, 4) is 11.1 Å². The van der Waals surface area contributed by atoms with E-state index < -0.39 is 0 Å². The van der Waals surface area contributed by atoms with E-state index in [1.54, 1.807) is 0 Å². The average molecular weight is 292 g/mol. The van der Waals surface area contributed by atoms with Crippen molar-refractivity contribution in [3.63, 3.8) is 0 Å². The van der Waals surface area contributed by atoms with E-state index in [1.165, 1.54) is 27.6 Å². The van der Waals surface area contributed by atoms with Crippen LogP contribution in [0.1, 0.15) is 19.4 Å². The maximum Gasteiger partial charge on any atom is 0.0489 e. The average Bonchev–Trinajstić information content (AvgIpc) is 2.85. The number of hydrogen-bond donors (Lipinski definition) is 1. The zero-order valence-electron chi connectivity index (χ0n) is 13.4. The van der Waals surface area contributed by atoms with E-state index in [0.29, 0.717) is 12.5 Å². The van der Waals surface area contributed by atoms with Gasteiger partial charge in [0.25, 0.3) is 0 Å². The third kappa shape index (κ3) is 2.93. The van der Waals surface area contributed by atoms with Crippen LogP contribution < -0.4 is 5.73 Å². The first kappa shape index (κ1) is 14.9. The SMILES string of the molecule is CC(C)Cn1cc(CCN)c2ccc(-c3ccccc3)cc21. The Hall–Kier alpha value is -2.06. The first-order chi connectivity index (χ1) is 10.7. The normalized spacial score (nSPS) is 11.5. The Bertz CT molecular complexity index is 754. The number of nitrogens with zero attached hydrogens (tertiary/aromatic N) is 1. The lowest BCUT2D eigenvalue weighted by atomic mass is 10.0. The summed E-state index contributed by atoms with van der Waals surface area (Å²) in [4.78, 5) is 0. The Morgan fingerprint density at radius 3 is 2.45 bits per heavy atom. The monoisotopic (exact) mass is 292 g/mol. The predicted molar refractivity (Wildman–Crippen MR) is 95.0 cm³/mol. The molecule has 2 aromatic carbocycles. The molecule has 22 heavy (non-hydrogen) atoms. The molecule has 1 aromatic heterocycles. The molecule has 0 aliphatic carbocycles. The van der Waals surface area contributed by atoms with E-state index in [2.05, 4.69) is 73.1 Å². The van der Waals surface area contributed by atoms with E-state index >= 15 is 0 Å². The molecular weight excluding hydrogens is 268 g/mol. The van der Waals surface area contributed by atoms with Crippen molar-refractivity contribution in [2.24, 2.45) is 11.7 Å². The summed E-state index contributed by atoms with van der Waals surface area (Å²) >= 11 is 0. The molecule has 1 heterocycles. The van der Waals surface area contributed by atoms with Crippen molar-refractivity contribution < 1.29 is 0 Å². The zero-order valence-corrected chi connectivity index (χ0v) is 13.4. The number of hydrogen-bond acceptors (Lipinski definition) is 1. The van der Waals surface area contributed by atoms with Gasteiger partial charge in [0.05, 0.1) is 0 Å². The summed E-state index contributed by atoms with van der Waals surface area (Å²) in [6, 6.07) is 17.3. The molecule has 0 spiro atoms. The molecule has 3 rings (SSSR count).